The van der Waals surface area contributed by atoms with E-state index in [1.165, 1.54) is 0 Å². The third kappa shape index (κ3) is 3.56. The van der Waals surface area contributed by atoms with Gasteiger partial charge in [-0.15, -0.1) is 0 Å². The first-order chi connectivity index (χ1) is 13.7. The van der Waals surface area contributed by atoms with E-state index in [1.54, 1.807) is 0 Å². The zero-order valence-corrected chi connectivity index (χ0v) is 17.0. The van der Waals surface area contributed by atoms with Gasteiger partial charge in [0.15, 0.2) is 0 Å². The first-order valence-corrected chi connectivity index (χ1v) is 11.7. The molecule has 0 saturated heterocycles. The zero-order valence-electron chi connectivity index (χ0n) is 16.0. The van der Waals surface area contributed by atoms with E-state index in [0.29, 0.717) is 31.8 Å². The third-order valence-corrected chi connectivity index (χ3v) is 7.51. The van der Waals surface area contributed by atoms with Crippen molar-refractivity contribution in [2.45, 2.75) is 60.7 Å². The van der Waals surface area contributed by atoms with Crippen LogP contribution in [0.15, 0.2) is 24.3 Å². The molecule has 0 bridgehead atoms. The summed E-state index contributed by atoms with van der Waals surface area (Å²) in [6.07, 6.45) is -7.53. The van der Waals surface area contributed by atoms with E-state index in [-0.39, 0.29) is 12.1 Å². The Bertz CT molecular complexity index is 825. The van der Waals surface area contributed by atoms with Gasteiger partial charge in [-0.25, -0.2) is 4.39 Å². The minimum Gasteiger partial charge on any atom is -0.382 e. The summed E-state index contributed by atoms with van der Waals surface area (Å²) in [6, 6.07) is 1.05. The molecule has 1 rings (SSSR count). The summed E-state index contributed by atoms with van der Waals surface area (Å²) in [4.78, 5) is 0. The van der Waals surface area contributed by atoms with Gasteiger partial charge in [0.05, 0.1) is 8.07 Å². The van der Waals surface area contributed by atoms with Gasteiger partial charge in [0.2, 0.25) is 0 Å². The number of benzene rings is 1. The van der Waals surface area contributed by atoms with Gasteiger partial charge in [-0.1, -0.05) is 31.8 Å². The van der Waals surface area contributed by atoms with Crippen molar-refractivity contribution in [3.63, 3.8) is 0 Å². The van der Waals surface area contributed by atoms with E-state index in [0.717, 1.165) is 0 Å². The molecule has 0 fully saturated rings. The maximum absolute atomic E-state index is 14.8. The summed E-state index contributed by atoms with van der Waals surface area (Å²) >= 11 is 0. The molecule has 1 nitrogen and oxygen atoms in total. The SMILES string of the molecule is C[Si](C)(C)C(O)(c1ccc(F)cc1)C(F)(F)C(F)(F)C(F)(F)C(F)(F)C(F)(F)C(F)(F)F. The standard InChI is InChI=1S/C16H14F14OSi/c1-32(2,3)10(31,8-4-6-9(17)7-5-8)11(18,19)12(20,21)13(22,23)14(24,25)15(26,27)16(28,29)30/h4-7,31H,1-3H3. The Morgan fingerprint density at radius 3 is 1.19 bits per heavy atom. The number of rotatable bonds is 7. The van der Waals surface area contributed by atoms with Crippen LogP contribution in [0.1, 0.15) is 5.56 Å². The molecule has 186 valence electrons. The molecular weight excluding hydrogens is 502 g/mol. The Morgan fingerprint density at radius 1 is 0.562 bits per heavy atom. The molecule has 1 unspecified atom stereocenters. The van der Waals surface area contributed by atoms with Crippen molar-refractivity contribution in [1.82, 2.24) is 0 Å². The van der Waals surface area contributed by atoms with E-state index in [4.69, 9.17) is 0 Å². The molecule has 0 aliphatic carbocycles. The Kier molecular flexibility index (Phi) is 6.64. The molecule has 32 heavy (non-hydrogen) atoms. The van der Waals surface area contributed by atoms with Crippen LogP contribution in [-0.2, 0) is 5.22 Å². The number of alkyl halides is 13. The summed E-state index contributed by atoms with van der Waals surface area (Å²) in [5, 5.41) is 6.02. The van der Waals surface area contributed by atoms with Crippen molar-refractivity contribution < 1.29 is 66.6 Å². The Labute approximate surface area is 172 Å². The van der Waals surface area contributed by atoms with Crippen LogP contribution < -0.4 is 0 Å². The first-order valence-electron chi connectivity index (χ1n) is 8.19. The van der Waals surface area contributed by atoms with Crippen LogP contribution in [0.3, 0.4) is 0 Å². The molecular formula is C16H14F14OSi. The van der Waals surface area contributed by atoms with Crippen LogP contribution in [0.4, 0.5) is 61.5 Å². The highest BCUT2D eigenvalue weighted by molar-refractivity contribution is 6.78. The topological polar surface area (TPSA) is 20.2 Å². The summed E-state index contributed by atoms with van der Waals surface area (Å²) in [7, 11) is -4.42. The van der Waals surface area contributed by atoms with Crippen molar-refractivity contribution >= 4 is 8.07 Å². The van der Waals surface area contributed by atoms with Crippen molar-refractivity contribution in [1.29, 1.82) is 0 Å². The second-order valence-electron chi connectivity index (χ2n) is 7.84. The van der Waals surface area contributed by atoms with Gasteiger partial charge >= 0.3 is 35.8 Å². The van der Waals surface area contributed by atoms with E-state index in [2.05, 4.69) is 0 Å². The van der Waals surface area contributed by atoms with Crippen molar-refractivity contribution in [2.24, 2.45) is 0 Å². The average molecular weight is 516 g/mol. The number of hydrogen-bond donors (Lipinski definition) is 1. The number of halogens is 14. The smallest absolute Gasteiger partial charge is 0.382 e. The first kappa shape index (κ1) is 28.4. The monoisotopic (exact) mass is 516 g/mol. The van der Waals surface area contributed by atoms with Crippen molar-refractivity contribution in [2.75, 3.05) is 0 Å². The zero-order chi connectivity index (χ0) is 26.0. The van der Waals surface area contributed by atoms with Crippen LogP contribution in [0.25, 0.3) is 0 Å². The van der Waals surface area contributed by atoms with E-state index in [1.807, 2.05) is 0 Å². The molecule has 0 spiro atoms. The van der Waals surface area contributed by atoms with Gasteiger partial charge in [-0.3, -0.25) is 0 Å². The van der Waals surface area contributed by atoms with Gasteiger partial charge in [-0.05, 0) is 17.7 Å². The number of hydrogen-bond acceptors (Lipinski definition) is 1. The second kappa shape index (κ2) is 7.46. The second-order valence-corrected chi connectivity index (χ2v) is 13.1. The lowest BCUT2D eigenvalue weighted by Gasteiger charge is -2.49. The minimum absolute atomic E-state index is 0.220. The normalized spacial score (nSPS) is 17.3. The van der Waals surface area contributed by atoms with Gasteiger partial charge in [-0.2, -0.15) is 57.1 Å². The molecule has 1 aromatic rings. The highest BCUT2D eigenvalue weighted by Gasteiger charge is 2.93. The lowest BCUT2D eigenvalue weighted by Crippen LogP contribution is -2.76. The molecule has 0 amide bonds. The van der Waals surface area contributed by atoms with Crippen LogP contribution >= 0.6 is 0 Å². The van der Waals surface area contributed by atoms with E-state index in [9.17, 15) is 66.6 Å². The highest BCUT2D eigenvalue weighted by atomic mass is 28.3. The summed E-state index contributed by atoms with van der Waals surface area (Å²) in [5.74, 6) is -39.6. The lowest BCUT2D eigenvalue weighted by atomic mass is 9.88. The fourth-order valence-electron chi connectivity index (χ4n) is 2.77. The third-order valence-electron chi connectivity index (χ3n) is 4.74. The molecule has 0 saturated carbocycles. The maximum atomic E-state index is 14.8. The van der Waals surface area contributed by atoms with Crippen LogP contribution in [0.5, 0.6) is 0 Å². The van der Waals surface area contributed by atoms with Gasteiger partial charge in [0.1, 0.15) is 11.0 Å². The predicted octanol–water partition coefficient (Wildman–Crippen LogP) is 6.63. The fourth-order valence-corrected chi connectivity index (χ4v) is 4.90. The van der Waals surface area contributed by atoms with Crippen LogP contribution in [0, 0.1) is 5.82 Å². The predicted molar refractivity (Wildman–Crippen MR) is 84.4 cm³/mol. The van der Waals surface area contributed by atoms with Gasteiger partial charge in [0, 0.05) is 0 Å². The molecule has 16 heteroatoms. The highest BCUT2D eigenvalue weighted by Crippen LogP contribution is 2.63. The molecule has 1 atom stereocenters. The quantitative estimate of drug-likeness (QED) is 0.319. The Hall–Kier alpha value is -1.58. The van der Waals surface area contributed by atoms with Crippen LogP contribution in [0.2, 0.25) is 19.6 Å². The minimum atomic E-state index is -8.08. The Morgan fingerprint density at radius 2 is 0.875 bits per heavy atom. The van der Waals surface area contributed by atoms with Crippen molar-refractivity contribution in [3.05, 3.63) is 35.6 Å². The largest absolute Gasteiger partial charge is 0.460 e. The Balaban J connectivity index is 3.89. The lowest BCUT2D eigenvalue weighted by molar-refractivity contribution is -0.447. The molecule has 1 N–H and O–H groups in total. The maximum Gasteiger partial charge on any atom is 0.460 e. The summed E-state index contributed by atoms with van der Waals surface area (Å²) in [5.41, 5.74) is -1.38. The number of aliphatic hydroxyl groups is 1. The fraction of sp³-hybridized carbons (Fsp3) is 0.625. The van der Waals surface area contributed by atoms with E-state index >= 15 is 0 Å². The van der Waals surface area contributed by atoms with E-state index < -0.39 is 60.5 Å². The van der Waals surface area contributed by atoms with Crippen molar-refractivity contribution in [3.8, 4) is 0 Å². The summed E-state index contributed by atoms with van der Waals surface area (Å²) < 4.78 is 189. The molecule has 0 aliphatic rings. The van der Waals surface area contributed by atoms with Gasteiger partial charge < -0.3 is 5.11 Å². The summed E-state index contributed by atoms with van der Waals surface area (Å²) in [6.45, 7) is 1.96. The molecule has 0 heterocycles. The van der Waals surface area contributed by atoms with Gasteiger partial charge in [0.25, 0.3) is 0 Å². The van der Waals surface area contributed by atoms with Crippen LogP contribution in [-0.4, -0.2) is 49.0 Å². The molecule has 1 aromatic carbocycles. The molecule has 0 aliphatic heterocycles. The molecule has 0 aromatic heterocycles. The molecule has 0 radical (unpaired) electrons. The average Bonchev–Trinajstić information content (AvgIpc) is 2.58.